The van der Waals surface area contributed by atoms with Gasteiger partial charge in [-0.05, 0) is 80.3 Å². The first-order chi connectivity index (χ1) is 16.3. The standard InChI is InChI=1S/C30H42O4/c1-6-8-10-24-12-16-26(17-13-24)29(31)33-23(5)21-28(20-22(3)4)34-30(32)27-18-14-25(15-19-27)11-9-7-2/h12-19,22-23,28H,6-11,20-21H2,1-5H3/t23-,28+/m0/s1. The summed E-state index contributed by atoms with van der Waals surface area (Å²) in [6.45, 7) is 10.4. The van der Waals surface area contributed by atoms with Gasteiger partial charge in [-0.2, -0.15) is 0 Å². The van der Waals surface area contributed by atoms with Crippen molar-refractivity contribution in [3.05, 3.63) is 70.8 Å². The molecule has 0 fully saturated rings. The molecular weight excluding hydrogens is 424 g/mol. The summed E-state index contributed by atoms with van der Waals surface area (Å²) in [5.74, 6) is -0.312. The van der Waals surface area contributed by atoms with Crippen LogP contribution in [0.4, 0.5) is 0 Å². The van der Waals surface area contributed by atoms with Crippen molar-refractivity contribution >= 4 is 11.9 Å². The molecule has 0 spiro atoms. The van der Waals surface area contributed by atoms with Crippen LogP contribution in [0.2, 0.25) is 0 Å². The summed E-state index contributed by atoms with van der Waals surface area (Å²) in [6.07, 6.45) is 7.12. The molecule has 0 bridgehead atoms. The van der Waals surface area contributed by atoms with Crippen molar-refractivity contribution in [2.75, 3.05) is 0 Å². The van der Waals surface area contributed by atoms with E-state index in [0.717, 1.165) is 38.5 Å². The Hall–Kier alpha value is -2.62. The van der Waals surface area contributed by atoms with Gasteiger partial charge < -0.3 is 9.47 Å². The number of carbonyl (C=O) groups excluding carboxylic acids is 2. The van der Waals surface area contributed by atoms with Gasteiger partial charge >= 0.3 is 11.9 Å². The molecule has 2 atom stereocenters. The molecule has 0 heterocycles. The highest BCUT2D eigenvalue weighted by Gasteiger charge is 2.22. The van der Waals surface area contributed by atoms with Crippen LogP contribution in [-0.2, 0) is 22.3 Å². The average molecular weight is 467 g/mol. The van der Waals surface area contributed by atoms with Crippen molar-refractivity contribution in [2.45, 2.75) is 98.2 Å². The van der Waals surface area contributed by atoms with Gasteiger partial charge in [-0.3, -0.25) is 0 Å². The molecule has 2 aromatic carbocycles. The lowest BCUT2D eigenvalue weighted by atomic mass is 10.0. The Labute approximate surface area is 206 Å². The van der Waals surface area contributed by atoms with E-state index in [1.165, 1.54) is 11.1 Å². The van der Waals surface area contributed by atoms with Gasteiger partial charge in [-0.25, -0.2) is 9.59 Å². The highest BCUT2D eigenvalue weighted by atomic mass is 16.6. The Kier molecular flexibility index (Phi) is 11.9. The third kappa shape index (κ3) is 9.70. The second-order valence-corrected chi connectivity index (χ2v) is 9.71. The minimum absolute atomic E-state index is 0.313. The van der Waals surface area contributed by atoms with Gasteiger partial charge in [0.1, 0.15) is 12.2 Å². The van der Waals surface area contributed by atoms with Gasteiger partial charge in [0.25, 0.3) is 0 Å². The topological polar surface area (TPSA) is 52.6 Å². The summed E-state index contributed by atoms with van der Waals surface area (Å²) in [5.41, 5.74) is 3.57. The predicted molar refractivity (Wildman–Crippen MR) is 138 cm³/mol. The number of ether oxygens (including phenoxy) is 2. The maximum atomic E-state index is 12.8. The van der Waals surface area contributed by atoms with Gasteiger partial charge in [0.05, 0.1) is 11.1 Å². The van der Waals surface area contributed by atoms with Gasteiger partial charge in [0.15, 0.2) is 0 Å². The number of unbranched alkanes of at least 4 members (excludes halogenated alkanes) is 2. The van der Waals surface area contributed by atoms with E-state index in [2.05, 4.69) is 27.7 Å². The number of esters is 2. The summed E-state index contributed by atoms with van der Waals surface area (Å²) < 4.78 is 11.5. The Balaban J connectivity index is 1.94. The summed E-state index contributed by atoms with van der Waals surface area (Å²) in [7, 11) is 0. The Morgan fingerprint density at radius 2 is 1.12 bits per heavy atom. The molecule has 0 saturated carbocycles. The van der Waals surface area contributed by atoms with Gasteiger partial charge in [0.2, 0.25) is 0 Å². The fourth-order valence-electron chi connectivity index (χ4n) is 3.98. The van der Waals surface area contributed by atoms with Crippen molar-refractivity contribution in [1.82, 2.24) is 0 Å². The molecule has 34 heavy (non-hydrogen) atoms. The summed E-state index contributed by atoms with van der Waals surface area (Å²) in [5, 5.41) is 0. The molecule has 0 aliphatic rings. The maximum Gasteiger partial charge on any atom is 0.338 e. The molecule has 4 heteroatoms. The van der Waals surface area contributed by atoms with Crippen molar-refractivity contribution in [3.8, 4) is 0 Å². The monoisotopic (exact) mass is 466 g/mol. The largest absolute Gasteiger partial charge is 0.459 e. The molecule has 0 N–H and O–H groups in total. The Bertz CT molecular complexity index is 868. The quantitative estimate of drug-likeness (QED) is 0.269. The van der Waals surface area contributed by atoms with Crippen LogP contribution in [0, 0.1) is 5.92 Å². The molecule has 186 valence electrons. The zero-order valence-corrected chi connectivity index (χ0v) is 21.6. The highest BCUT2D eigenvalue weighted by Crippen LogP contribution is 2.19. The van der Waals surface area contributed by atoms with Crippen molar-refractivity contribution in [1.29, 1.82) is 0 Å². The summed E-state index contributed by atoms with van der Waals surface area (Å²) in [6, 6.07) is 15.3. The number of benzene rings is 2. The average Bonchev–Trinajstić information content (AvgIpc) is 2.81. The summed E-state index contributed by atoms with van der Waals surface area (Å²) >= 11 is 0. The minimum Gasteiger partial charge on any atom is -0.459 e. The molecule has 0 unspecified atom stereocenters. The molecule has 0 aliphatic carbocycles. The first-order valence-electron chi connectivity index (χ1n) is 12.9. The van der Waals surface area contributed by atoms with E-state index in [-0.39, 0.29) is 24.1 Å². The van der Waals surface area contributed by atoms with Gasteiger partial charge in [0, 0.05) is 6.42 Å². The van der Waals surface area contributed by atoms with E-state index in [9.17, 15) is 9.59 Å². The zero-order chi connectivity index (χ0) is 24.9. The zero-order valence-electron chi connectivity index (χ0n) is 21.6. The molecule has 0 aromatic heterocycles. The third-order valence-corrected chi connectivity index (χ3v) is 5.93. The van der Waals surface area contributed by atoms with Crippen LogP contribution in [0.5, 0.6) is 0 Å². The maximum absolute atomic E-state index is 12.8. The fourth-order valence-corrected chi connectivity index (χ4v) is 3.98. The minimum atomic E-state index is -0.361. The van der Waals surface area contributed by atoms with E-state index in [1.807, 2.05) is 55.5 Å². The van der Waals surface area contributed by atoms with E-state index in [1.54, 1.807) is 0 Å². The molecule has 2 aromatic rings. The van der Waals surface area contributed by atoms with E-state index < -0.39 is 0 Å². The van der Waals surface area contributed by atoms with Gasteiger partial charge in [-0.15, -0.1) is 0 Å². The lowest BCUT2D eigenvalue weighted by Crippen LogP contribution is -2.27. The first-order valence-corrected chi connectivity index (χ1v) is 12.9. The van der Waals surface area contributed by atoms with Crippen LogP contribution in [-0.4, -0.2) is 24.1 Å². The normalized spacial score (nSPS) is 12.9. The molecular formula is C30H42O4. The lowest BCUT2D eigenvalue weighted by molar-refractivity contribution is -0.000881. The molecule has 4 nitrogen and oxygen atoms in total. The molecule has 2 rings (SSSR count). The Morgan fingerprint density at radius 1 is 0.676 bits per heavy atom. The second-order valence-electron chi connectivity index (χ2n) is 9.71. The van der Waals surface area contributed by atoms with Crippen LogP contribution in [0.25, 0.3) is 0 Å². The SMILES string of the molecule is CCCCc1ccc(C(=O)O[C@H](CC(C)C)C[C@H](C)OC(=O)c2ccc(CCCC)cc2)cc1. The van der Waals surface area contributed by atoms with Crippen molar-refractivity contribution in [2.24, 2.45) is 5.92 Å². The second kappa shape index (κ2) is 14.6. The molecule has 0 saturated heterocycles. The fraction of sp³-hybridized carbons (Fsp3) is 0.533. The van der Waals surface area contributed by atoms with Crippen molar-refractivity contribution < 1.29 is 19.1 Å². The van der Waals surface area contributed by atoms with Crippen molar-refractivity contribution in [3.63, 3.8) is 0 Å². The van der Waals surface area contributed by atoms with E-state index in [0.29, 0.717) is 29.9 Å². The number of carbonyl (C=O) groups is 2. The summed E-state index contributed by atoms with van der Waals surface area (Å²) in [4.78, 5) is 25.4. The van der Waals surface area contributed by atoms with E-state index >= 15 is 0 Å². The number of rotatable bonds is 14. The smallest absolute Gasteiger partial charge is 0.338 e. The Morgan fingerprint density at radius 3 is 1.53 bits per heavy atom. The first kappa shape index (κ1) is 27.6. The van der Waals surface area contributed by atoms with Crippen LogP contribution >= 0.6 is 0 Å². The van der Waals surface area contributed by atoms with Crippen LogP contribution < -0.4 is 0 Å². The molecule has 0 aliphatic heterocycles. The molecule has 0 radical (unpaired) electrons. The lowest BCUT2D eigenvalue weighted by Gasteiger charge is -2.23. The highest BCUT2D eigenvalue weighted by molar-refractivity contribution is 5.90. The number of hydrogen-bond donors (Lipinski definition) is 0. The number of hydrogen-bond acceptors (Lipinski definition) is 4. The number of aryl methyl sites for hydroxylation is 2. The van der Waals surface area contributed by atoms with Crippen LogP contribution in [0.3, 0.4) is 0 Å². The predicted octanol–water partition coefficient (Wildman–Crippen LogP) is 7.58. The molecule has 0 amide bonds. The van der Waals surface area contributed by atoms with Gasteiger partial charge in [-0.1, -0.05) is 64.8 Å². The van der Waals surface area contributed by atoms with E-state index in [4.69, 9.17) is 9.47 Å². The van der Waals surface area contributed by atoms with Crippen LogP contribution in [0.15, 0.2) is 48.5 Å². The third-order valence-electron chi connectivity index (χ3n) is 5.93. The van der Waals surface area contributed by atoms with Crippen LogP contribution in [0.1, 0.15) is 105 Å².